The standard InChI is InChI=1S/C26H31O3P/c1-4-6-8-13-21-18-24(27)26(22-14-11-12-20(3)17-22)25(19-21)29-30(28-5-2)23-15-9-7-10-16-23/h7,9-12,14-19,27H,4-6,8,13H2,1-3H3. The number of benzene rings is 3. The molecule has 1 N–H and O–H groups in total. The van der Waals surface area contributed by atoms with Gasteiger partial charge in [-0.2, -0.15) is 0 Å². The fourth-order valence-electron chi connectivity index (χ4n) is 3.45. The molecule has 0 heterocycles. The maximum Gasteiger partial charge on any atom is 0.265 e. The van der Waals surface area contributed by atoms with Gasteiger partial charge in [-0.25, -0.2) is 0 Å². The molecule has 0 saturated heterocycles. The van der Waals surface area contributed by atoms with Gasteiger partial charge in [0.15, 0.2) is 0 Å². The highest BCUT2D eigenvalue weighted by molar-refractivity contribution is 7.56. The van der Waals surface area contributed by atoms with Gasteiger partial charge < -0.3 is 14.2 Å². The molecule has 1 unspecified atom stereocenters. The monoisotopic (exact) mass is 422 g/mol. The van der Waals surface area contributed by atoms with E-state index in [0.29, 0.717) is 12.4 Å². The van der Waals surface area contributed by atoms with E-state index in [2.05, 4.69) is 32.0 Å². The van der Waals surface area contributed by atoms with Crippen molar-refractivity contribution in [3.8, 4) is 22.6 Å². The summed E-state index contributed by atoms with van der Waals surface area (Å²) in [7, 11) is -1.30. The predicted octanol–water partition coefficient (Wildman–Crippen LogP) is 7.15. The largest absolute Gasteiger partial charge is 0.507 e. The third-order valence-corrected chi connectivity index (χ3v) is 6.49. The molecule has 0 aliphatic carbocycles. The molecule has 3 nitrogen and oxygen atoms in total. The van der Waals surface area contributed by atoms with Crippen molar-refractivity contribution in [2.45, 2.75) is 46.5 Å². The number of hydrogen-bond donors (Lipinski definition) is 1. The minimum atomic E-state index is -1.30. The van der Waals surface area contributed by atoms with Gasteiger partial charge >= 0.3 is 0 Å². The second kappa shape index (κ2) is 11.2. The fraction of sp³-hybridized carbons (Fsp3) is 0.308. The Morgan fingerprint density at radius 3 is 2.40 bits per heavy atom. The summed E-state index contributed by atoms with van der Waals surface area (Å²) in [6.07, 6.45) is 4.36. The maximum absolute atomic E-state index is 11.0. The Balaban J connectivity index is 2.03. The Morgan fingerprint density at radius 1 is 0.900 bits per heavy atom. The van der Waals surface area contributed by atoms with Crippen molar-refractivity contribution in [2.24, 2.45) is 0 Å². The summed E-state index contributed by atoms with van der Waals surface area (Å²) >= 11 is 0. The zero-order valence-corrected chi connectivity index (χ0v) is 19.0. The lowest BCUT2D eigenvalue weighted by Gasteiger charge is -2.21. The average molecular weight is 423 g/mol. The number of aromatic hydroxyl groups is 1. The number of phenolic OH excluding ortho intramolecular Hbond substituents is 1. The predicted molar refractivity (Wildman–Crippen MR) is 127 cm³/mol. The van der Waals surface area contributed by atoms with Crippen LogP contribution in [0.15, 0.2) is 66.7 Å². The molecule has 0 spiro atoms. The van der Waals surface area contributed by atoms with Crippen LogP contribution in [0.2, 0.25) is 0 Å². The Labute approximate surface area is 181 Å². The van der Waals surface area contributed by atoms with Crippen LogP contribution in [0.4, 0.5) is 0 Å². The van der Waals surface area contributed by atoms with E-state index in [-0.39, 0.29) is 5.75 Å². The molecule has 0 saturated carbocycles. The van der Waals surface area contributed by atoms with Crippen molar-refractivity contribution < 1.29 is 14.2 Å². The van der Waals surface area contributed by atoms with Gasteiger partial charge in [-0.05, 0) is 62.1 Å². The Kier molecular flexibility index (Phi) is 8.30. The summed E-state index contributed by atoms with van der Waals surface area (Å²) in [6, 6.07) is 22.1. The highest BCUT2D eigenvalue weighted by atomic mass is 31.2. The smallest absolute Gasteiger partial charge is 0.265 e. The molecular weight excluding hydrogens is 391 g/mol. The van der Waals surface area contributed by atoms with Gasteiger partial charge in [-0.15, -0.1) is 0 Å². The summed E-state index contributed by atoms with van der Waals surface area (Å²) in [5.41, 5.74) is 3.90. The third kappa shape index (κ3) is 5.84. The van der Waals surface area contributed by atoms with Crippen molar-refractivity contribution >= 4 is 13.7 Å². The molecular formula is C26H31O3P. The van der Waals surface area contributed by atoms with E-state index in [9.17, 15) is 5.11 Å². The van der Waals surface area contributed by atoms with E-state index < -0.39 is 8.38 Å². The number of aryl methyl sites for hydroxylation is 2. The SMILES string of the molecule is CCCCCc1cc(O)c(-c2cccc(C)c2)c(OP(OCC)c2ccccc2)c1. The Morgan fingerprint density at radius 2 is 1.70 bits per heavy atom. The van der Waals surface area contributed by atoms with Crippen LogP contribution in [0.1, 0.15) is 44.2 Å². The van der Waals surface area contributed by atoms with Crippen molar-refractivity contribution in [1.29, 1.82) is 0 Å². The van der Waals surface area contributed by atoms with Crippen LogP contribution in [0, 0.1) is 6.92 Å². The second-order valence-electron chi connectivity index (χ2n) is 7.42. The van der Waals surface area contributed by atoms with Crippen LogP contribution in [0.5, 0.6) is 11.5 Å². The van der Waals surface area contributed by atoms with Gasteiger partial charge in [0.25, 0.3) is 8.38 Å². The molecule has 0 bridgehead atoms. The molecule has 3 rings (SSSR count). The molecule has 0 aliphatic heterocycles. The van der Waals surface area contributed by atoms with Crippen molar-refractivity contribution in [2.75, 3.05) is 6.61 Å². The van der Waals surface area contributed by atoms with E-state index in [1.807, 2.05) is 55.5 Å². The molecule has 3 aromatic rings. The number of phenols is 1. The fourth-order valence-corrected chi connectivity index (χ4v) is 4.73. The average Bonchev–Trinajstić information content (AvgIpc) is 2.74. The Hall–Kier alpha value is -2.35. The zero-order chi connectivity index (χ0) is 21.3. The van der Waals surface area contributed by atoms with Gasteiger partial charge in [-0.1, -0.05) is 67.8 Å². The molecule has 0 amide bonds. The molecule has 1 atom stereocenters. The molecule has 3 aromatic carbocycles. The highest BCUT2D eigenvalue weighted by Crippen LogP contribution is 2.46. The number of unbranched alkanes of at least 4 members (excludes halogenated alkanes) is 2. The van der Waals surface area contributed by atoms with E-state index in [1.165, 1.54) is 12.8 Å². The summed E-state index contributed by atoms with van der Waals surface area (Å²) in [4.78, 5) is 0. The summed E-state index contributed by atoms with van der Waals surface area (Å²) in [6.45, 7) is 6.78. The van der Waals surface area contributed by atoms with E-state index >= 15 is 0 Å². The maximum atomic E-state index is 11.0. The molecule has 0 radical (unpaired) electrons. The lowest BCUT2D eigenvalue weighted by atomic mass is 9.98. The lowest BCUT2D eigenvalue weighted by Crippen LogP contribution is -2.08. The van der Waals surface area contributed by atoms with Crippen LogP contribution in [0.3, 0.4) is 0 Å². The van der Waals surface area contributed by atoms with E-state index in [1.54, 1.807) is 0 Å². The van der Waals surface area contributed by atoms with Gasteiger partial charge in [0.05, 0.1) is 12.2 Å². The summed E-state index contributed by atoms with van der Waals surface area (Å²) < 4.78 is 12.5. The number of rotatable bonds is 10. The lowest BCUT2D eigenvalue weighted by molar-refractivity contribution is 0.341. The number of hydrogen-bond acceptors (Lipinski definition) is 3. The summed E-state index contributed by atoms with van der Waals surface area (Å²) in [5.74, 6) is 0.930. The first-order valence-electron chi connectivity index (χ1n) is 10.7. The molecule has 0 aliphatic rings. The highest BCUT2D eigenvalue weighted by Gasteiger charge is 2.21. The minimum absolute atomic E-state index is 0.254. The first-order chi connectivity index (χ1) is 14.6. The summed E-state index contributed by atoms with van der Waals surface area (Å²) in [5, 5.41) is 12.0. The molecule has 0 fully saturated rings. The van der Waals surface area contributed by atoms with Crippen LogP contribution >= 0.6 is 8.38 Å². The topological polar surface area (TPSA) is 38.7 Å². The van der Waals surface area contributed by atoms with E-state index in [0.717, 1.165) is 40.4 Å². The van der Waals surface area contributed by atoms with Crippen LogP contribution in [-0.2, 0) is 10.9 Å². The van der Waals surface area contributed by atoms with Gasteiger partial charge in [0, 0.05) is 5.30 Å². The van der Waals surface area contributed by atoms with Gasteiger partial charge in [-0.3, -0.25) is 0 Å². The van der Waals surface area contributed by atoms with Crippen molar-refractivity contribution in [3.05, 3.63) is 77.9 Å². The first kappa shape index (κ1) is 22.3. The Bertz CT molecular complexity index is 940. The first-order valence-corrected chi connectivity index (χ1v) is 11.9. The molecule has 158 valence electrons. The second-order valence-corrected chi connectivity index (χ2v) is 8.89. The van der Waals surface area contributed by atoms with Gasteiger partial charge in [0.1, 0.15) is 11.5 Å². The normalized spacial score (nSPS) is 12.0. The van der Waals surface area contributed by atoms with Crippen molar-refractivity contribution in [1.82, 2.24) is 0 Å². The zero-order valence-electron chi connectivity index (χ0n) is 18.1. The van der Waals surface area contributed by atoms with Crippen LogP contribution in [0.25, 0.3) is 11.1 Å². The van der Waals surface area contributed by atoms with Crippen LogP contribution in [-0.4, -0.2) is 11.7 Å². The minimum Gasteiger partial charge on any atom is -0.507 e. The van der Waals surface area contributed by atoms with Crippen molar-refractivity contribution in [3.63, 3.8) is 0 Å². The third-order valence-electron chi connectivity index (χ3n) is 4.91. The molecule has 4 heteroatoms. The molecule has 0 aromatic heterocycles. The quantitative estimate of drug-likeness (QED) is 0.278. The van der Waals surface area contributed by atoms with Gasteiger partial charge in [0.2, 0.25) is 0 Å². The van der Waals surface area contributed by atoms with E-state index in [4.69, 9.17) is 9.05 Å². The van der Waals surface area contributed by atoms with Crippen LogP contribution < -0.4 is 9.83 Å². The molecule has 30 heavy (non-hydrogen) atoms.